The molecule has 0 amide bonds. The first kappa shape index (κ1) is 13.1. The molecule has 1 radical (unpaired) electrons. The number of nitro benzene ring substituents is 1. The van der Waals surface area contributed by atoms with Gasteiger partial charge >= 0.3 is 0 Å². The molecular formula is C18H12NO2. The van der Waals surface area contributed by atoms with Crippen LogP contribution in [0.5, 0.6) is 0 Å². The molecule has 0 bridgehead atoms. The third-order valence-corrected chi connectivity index (χ3v) is 3.30. The minimum Gasteiger partial charge on any atom is -0.258 e. The van der Waals surface area contributed by atoms with Crippen molar-refractivity contribution < 1.29 is 4.92 Å². The van der Waals surface area contributed by atoms with Gasteiger partial charge in [-0.3, -0.25) is 10.1 Å². The van der Waals surface area contributed by atoms with Crippen molar-refractivity contribution >= 4 is 5.69 Å². The van der Waals surface area contributed by atoms with Crippen molar-refractivity contribution in [2.45, 2.75) is 0 Å². The van der Waals surface area contributed by atoms with E-state index in [1.807, 2.05) is 42.5 Å². The van der Waals surface area contributed by atoms with Crippen LogP contribution in [0.4, 0.5) is 5.69 Å². The van der Waals surface area contributed by atoms with E-state index in [2.05, 4.69) is 18.2 Å². The Labute approximate surface area is 122 Å². The molecule has 0 N–H and O–H groups in total. The summed E-state index contributed by atoms with van der Waals surface area (Å²) in [5.41, 5.74) is 3.98. The number of non-ortho nitro benzene ring substituents is 1. The minimum absolute atomic E-state index is 0.0795. The molecule has 3 heteroatoms. The highest BCUT2D eigenvalue weighted by Crippen LogP contribution is 2.26. The van der Waals surface area contributed by atoms with Gasteiger partial charge in [-0.1, -0.05) is 54.6 Å². The van der Waals surface area contributed by atoms with Gasteiger partial charge < -0.3 is 0 Å². The number of hydrogen-bond acceptors (Lipinski definition) is 2. The Morgan fingerprint density at radius 3 is 2.10 bits per heavy atom. The van der Waals surface area contributed by atoms with Gasteiger partial charge in [0.15, 0.2) is 0 Å². The van der Waals surface area contributed by atoms with Crippen molar-refractivity contribution in [2.75, 3.05) is 0 Å². The topological polar surface area (TPSA) is 43.1 Å². The molecule has 3 nitrogen and oxygen atoms in total. The number of nitrogens with zero attached hydrogens (tertiary/aromatic N) is 1. The standard InChI is InChI=1S/C18H12NO2/c20-19(21)18-8-4-7-17(13-18)16-11-9-15(10-12-16)14-5-2-1-3-6-14/h1-6,8-13H. The SMILES string of the molecule is O=[N+]([O-])c1cc[c]c(-c2ccc(-c3ccccc3)cc2)c1. The lowest BCUT2D eigenvalue weighted by Gasteiger charge is -2.04. The van der Waals surface area contributed by atoms with Gasteiger partial charge in [-0.2, -0.15) is 0 Å². The third-order valence-electron chi connectivity index (χ3n) is 3.30. The van der Waals surface area contributed by atoms with E-state index in [0.29, 0.717) is 0 Å². The van der Waals surface area contributed by atoms with E-state index in [9.17, 15) is 10.1 Å². The van der Waals surface area contributed by atoms with Crippen LogP contribution in [0.2, 0.25) is 0 Å². The highest BCUT2D eigenvalue weighted by molar-refractivity contribution is 5.71. The van der Waals surface area contributed by atoms with Crippen LogP contribution in [0.25, 0.3) is 22.3 Å². The Morgan fingerprint density at radius 1 is 0.810 bits per heavy atom. The Hall–Kier alpha value is -2.94. The molecule has 0 saturated carbocycles. The van der Waals surface area contributed by atoms with E-state index in [0.717, 1.165) is 22.3 Å². The van der Waals surface area contributed by atoms with Crippen LogP contribution in [0.15, 0.2) is 72.8 Å². The van der Waals surface area contributed by atoms with Gasteiger partial charge in [-0.05, 0) is 34.4 Å². The maximum atomic E-state index is 10.8. The monoisotopic (exact) mass is 274 g/mol. The smallest absolute Gasteiger partial charge is 0.258 e. The highest BCUT2D eigenvalue weighted by atomic mass is 16.6. The molecule has 0 atom stereocenters. The first-order valence-electron chi connectivity index (χ1n) is 6.56. The van der Waals surface area contributed by atoms with Gasteiger partial charge in [0.1, 0.15) is 0 Å². The fraction of sp³-hybridized carbons (Fsp3) is 0. The normalized spacial score (nSPS) is 10.3. The van der Waals surface area contributed by atoms with E-state index in [-0.39, 0.29) is 5.69 Å². The van der Waals surface area contributed by atoms with Crippen LogP contribution in [0.1, 0.15) is 0 Å². The van der Waals surface area contributed by atoms with E-state index >= 15 is 0 Å². The lowest BCUT2D eigenvalue weighted by molar-refractivity contribution is -0.384. The second-order valence-electron chi connectivity index (χ2n) is 4.66. The molecular weight excluding hydrogens is 262 g/mol. The summed E-state index contributed by atoms with van der Waals surface area (Å²) in [6.07, 6.45) is 0. The van der Waals surface area contributed by atoms with Crippen molar-refractivity contribution in [3.63, 3.8) is 0 Å². The number of nitro groups is 1. The molecule has 0 aliphatic carbocycles. The average molecular weight is 274 g/mol. The Kier molecular flexibility index (Phi) is 3.48. The zero-order valence-electron chi connectivity index (χ0n) is 11.2. The lowest BCUT2D eigenvalue weighted by atomic mass is 10.0. The molecule has 0 fully saturated rings. The number of rotatable bonds is 3. The van der Waals surface area contributed by atoms with Crippen molar-refractivity contribution in [2.24, 2.45) is 0 Å². The molecule has 0 spiro atoms. The summed E-state index contributed by atoms with van der Waals surface area (Å²) < 4.78 is 0. The predicted molar refractivity (Wildman–Crippen MR) is 82.8 cm³/mol. The molecule has 3 aromatic rings. The molecule has 0 aromatic heterocycles. The highest BCUT2D eigenvalue weighted by Gasteiger charge is 2.07. The van der Waals surface area contributed by atoms with Gasteiger partial charge in [-0.15, -0.1) is 0 Å². The molecule has 0 unspecified atom stereocenters. The summed E-state index contributed by atoms with van der Waals surface area (Å²) in [6.45, 7) is 0. The summed E-state index contributed by atoms with van der Waals surface area (Å²) >= 11 is 0. The van der Waals surface area contributed by atoms with Crippen LogP contribution in [0, 0.1) is 16.2 Å². The van der Waals surface area contributed by atoms with Gasteiger partial charge in [0.05, 0.1) is 4.92 Å². The average Bonchev–Trinajstić information content (AvgIpc) is 2.56. The zero-order chi connectivity index (χ0) is 14.7. The third kappa shape index (κ3) is 2.82. The van der Waals surface area contributed by atoms with Crippen LogP contribution in [0.3, 0.4) is 0 Å². The zero-order valence-corrected chi connectivity index (χ0v) is 11.2. The molecule has 0 heterocycles. The quantitative estimate of drug-likeness (QED) is 0.512. The predicted octanol–water partition coefficient (Wildman–Crippen LogP) is 4.73. The summed E-state index contributed by atoms with van der Waals surface area (Å²) in [4.78, 5) is 10.4. The molecule has 0 aliphatic rings. The lowest BCUT2D eigenvalue weighted by Crippen LogP contribution is -1.88. The Balaban J connectivity index is 1.94. The van der Waals surface area contributed by atoms with Crippen LogP contribution >= 0.6 is 0 Å². The van der Waals surface area contributed by atoms with Gasteiger partial charge in [-0.25, -0.2) is 0 Å². The van der Waals surface area contributed by atoms with Crippen molar-refractivity contribution in [1.29, 1.82) is 0 Å². The molecule has 0 saturated heterocycles. The fourth-order valence-electron chi connectivity index (χ4n) is 2.21. The maximum Gasteiger partial charge on any atom is 0.270 e. The molecule has 101 valence electrons. The first-order valence-corrected chi connectivity index (χ1v) is 6.56. The second kappa shape index (κ2) is 5.59. The van der Waals surface area contributed by atoms with E-state index in [1.165, 1.54) is 12.1 Å². The van der Waals surface area contributed by atoms with Gasteiger partial charge in [0.25, 0.3) is 5.69 Å². The largest absolute Gasteiger partial charge is 0.270 e. The molecule has 3 rings (SSSR count). The van der Waals surface area contributed by atoms with E-state index in [4.69, 9.17) is 0 Å². The van der Waals surface area contributed by atoms with E-state index < -0.39 is 4.92 Å². The fourth-order valence-corrected chi connectivity index (χ4v) is 2.21. The first-order chi connectivity index (χ1) is 10.2. The van der Waals surface area contributed by atoms with Crippen molar-refractivity contribution in [3.05, 3.63) is 89.0 Å². The van der Waals surface area contributed by atoms with Gasteiger partial charge in [0.2, 0.25) is 0 Å². The molecule has 21 heavy (non-hydrogen) atoms. The summed E-state index contributed by atoms with van der Waals surface area (Å²) in [5, 5.41) is 10.8. The Morgan fingerprint density at radius 2 is 1.43 bits per heavy atom. The number of benzene rings is 3. The molecule has 3 aromatic carbocycles. The maximum absolute atomic E-state index is 10.8. The Bertz CT molecular complexity index is 765. The summed E-state index contributed by atoms with van der Waals surface area (Å²) in [6, 6.07) is 25.6. The number of hydrogen-bond donors (Lipinski definition) is 0. The second-order valence-corrected chi connectivity index (χ2v) is 4.66. The minimum atomic E-state index is -0.393. The van der Waals surface area contributed by atoms with Crippen LogP contribution in [-0.2, 0) is 0 Å². The molecule has 0 aliphatic heterocycles. The van der Waals surface area contributed by atoms with E-state index in [1.54, 1.807) is 6.07 Å². The van der Waals surface area contributed by atoms with Gasteiger partial charge in [0, 0.05) is 12.1 Å². The van der Waals surface area contributed by atoms with Crippen LogP contribution in [-0.4, -0.2) is 4.92 Å². The van der Waals surface area contributed by atoms with Crippen molar-refractivity contribution in [1.82, 2.24) is 0 Å². The van der Waals surface area contributed by atoms with Crippen molar-refractivity contribution in [3.8, 4) is 22.3 Å². The summed E-state index contributed by atoms with van der Waals surface area (Å²) in [5.74, 6) is 0. The van der Waals surface area contributed by atoms with Crippen LogP contribution < -0.4 is 0 Å². The summed E-state index contributed by atoms with van der Waals surface area (Å²) in [7, 11) is 0.